The molecule has 1 amide bonds. The van der Waals surface area contributed by atoms with Gasteiger partial charge in [0.2, 0.25) is 0 Å². The van der Waals surface area contributed by atoms with Gasteiger partial charge in [-0.15, -0.1) is 11.3 Å². The molecular weight excluding hydrogens is 378 g/mol. The Morgan fingerprint density at radius 2 is 2.11 bits per heavy atom. The maximum atomic E-state index is 11.9. The molecule has 0 atom stereocenters. The van der Waals surface area contributed by atoms with Gasteiger partial charge in [0.25, 0.3) is 11.5 Å². The zero-order chi connectivity index (χ0) is 19.8. The molecule has 0 fully saturated rings. The second-order valence-electron chi connectivity index (χ2n) is 5.74. The van der Waals surface area contributed by atoms with E-state index in [0.29, 0.717) is 18.1 Å². The lowest BCUT2D eigenvalue weighted by Crippen LogP contribution is -2.28. The van der Waals surface area contributed by atoms with Crippen molar-refractivity contribution in [1.82, 2.24) is 9.99 Å². The van der Waals surface area contributed by atoms with Gasteiger partial charge in [-0.05, 0) is 41.3 Å². The summed E-state index contributed by atoms with van der Waals surface area (Å²) in [7, 11) is 1.56. The van der Waals surface area contributed by atoms with Crippen molar-refractivity contribution >= 4 is 23.5 Å². The maximum Gasteiger partial charge on any atom is 0.260 e. The van der Waals surface area contributed by atoms with Crippen LogP contribution in [-0.4, -0.2) is 23.8 Å². The molecule has 1 N–H and O–H groups in total. The van der Waals surface area contributed by atoms with E-state index in [4.69, 9.17) is 9.47 Å². The third-order valence-electron chi connectivity index (χ3n) is 3.75. The quantitative estimate of drug-likeness (QED) is 0.468. The average molecular weight is 397 g/mol. The van der Waals surface area contributed by atoms with Crippen molar-refractivity contribution < 1.29 is 14.3 Å². The lowest BCUT2D eigenvalue weighted by Gasteiger charge is -2.10. The Bertz CT molecular complexity index is 1010. The van der Waals surface area contributed by atoms with Crippen LogP contribution in [0, 0.1) is 0 Å². The first-order valence-electron chi connectivity index (χ1n) is 8.46. The van der Waals surface area contributed by atoms with Gasteiger partial charge in [-0.1, -0.05) is 12.1 Å². The van der Waals surface area contributed by atoms with Crippen LogP contribution in [0.3, 0.4) is 0 Å². The summed E-state index contributed by atoms with van der Waals surface area (Å²) in [6.45, 7) is 0.367. The van der Waals surface area contributed by atoms with Crippen LogP contribution in [0.2, 0.25) is 0 Å². The van der Waals surface area contributed by atoms with Crippen LogP contribution in [-0.2, 0) is 17.9 Å². The second kappa shape index (κ2) is 9.52. The highest BCUT2D eigenvalue weighted by molar-refractivity contribution is 7.09. The lowest BCUT2D eigenvalue weighted by molar-refractivity contribution is -0.121. The third kappa shape index (κ3) is 5.31. The zero-order valence-corrected chi connectivity index (χ0v) is 16.0. The molecule has 0 aliphatic rings. The minimum absolute atomic E-state index is 0.101. The Hall–Kier alpha value is -3.39. The molecule has 2 heterocycles. The number of methoxy groups -OCH3 is 1. The summed E-state index contributed by atoms with van der Waals surface area (Å²) in [6.07, 6.45) is 3.04. The number of nitrogens with zero attached hydrogens (tertiary/aromatic N) is 2. The molecule has 0 saturated carbocycles. The number of hydrogen-bond donors (Lipinski definition) is 1. The van der Waals surface area contributed by atoms with E-state index in [1.807, 2.05) is 23.6 Å². The molecule has 0 unspecified atom stereocenters. The normalized spacial score (nSPS) is 10.8. The lowest BCUT2D eigenvalue weighted by atomic mass is 10.2. The van der Waals surface area contributed by atoms with Crippen LogP contribution in [0.15, 0.2) is 70.0 Å². The van der Waals surface area contributed by atoms with Crippen molar-refractivity contribution in [2.75, 3.05) is 7.11 Å². The van der Waals surface area contributed by atoms with Crippen LogP contribution in [0.4, 0.5) is 0 Å². The van der Waals surface area contributed by atoms with Crippen LogP contribution in [0.25, 0.3) is 0 Å². The first-order valence-corrected chi connectivity index (χ1v) is 9.34. The molecule has 0 saturated heterocycles. The number of ether oxygens (including phenoxy) is 2. The van der Waals surface area contributed by atoms with Crippen molar-refractivity contribution in [3.8, 4) is 11.5 Å². The van der Waals surface area contributed by atoms with Gasteiger partial charge in [0.05, 0.1) is 13.3 Å². The third-order valence-corrected chi connectivity index (χ3v) is 4.60. The number of pyridine rings is 1. The molecule has 2 aromatic heterocycles. The number of nitrogens with one attached hydrogen (secondary N) is 1. The van der Waals surface area contributed by atoms with Crippen LogP contribution in [0.1, 0.15) is 10.4 Å². The molecule has 0 aliphatic carbocycles. The standard InChI is InChI=1S/C20H19N3O4S/c1-26-18-11-15(7-8-17(18)27-14-16-5-4-10-28-16)12-21-22-19(24)13-23-9-3-2-6-20(23)25/h2-12H,13-14H2,1H3,(H,22,24)/b21-12-. The molecule has 0 radical (unpaired) electrons. The van der Waals surface area contributed by atoms with E-state index in [9.17, 15) is 9.59 Å². The number of hydrazone groups is 1. The number of carbonyl (C=O) groups is 1. The fourth-order valence-electron chi connectivity index (χ4n) is 2.39. The first kappa shape index (κ1) is 19.4. The Morgan fingerprint density at radius 3 is 2.86 bits per heavy atom. The molecule has 3 rings (SSSR count). The molecule has 144 valence electrons. The van der Waals surface area contributed by atoms with Crippen molar-refractivity contribution in [3.05, 3.63) is 80.9 Å². The number of amides is 1. The molecule has 0 spiro atoms. The van der Waals surface area contributed by atoms with Gasteiger partial charge in [0.1, 0.15) is 13.2 Å². The van der Waals surface area contributed by atoms with Gasteiger partial charge in [0, 0.05) is 17.1 Å². The Kier molecular flexibility index (Phi) is 6.59. The number of aromatic nitrogens is 1. The van der Waals surface area contributed by atoms with Crippen molar-refractivity contribution in [1.29, 1.82) is 0 Å². The minimum atomic E-state index is -0.396. The largest absolute Gasteiger partial charge is 0.493 e. The summed E-state index contributed by atoms with van der Waals surface area (Å²) < 4.78 is 12.5. The smallest absolute Gasteiger partial charge is 0.260 e. The number of hydrogen-bond acceptors (Lipinski definition) is 6. The van der Waals surface area contributed by atoms with Gasteiger partial charge < -0.3 is 14.0 Å². The second-order valence-corrected chi connectivity index (χ2v) is 6.77. The Morgan fingerprint density at radius 1 is 1.21 bits per heavy atom. The monoisotopic (exact) mass is 397 g/mol. The summed E-state index contributed by atoms with van der Waals surface area (Å²) >= 11 is 1.63. The highest BCUT2D eigenvalue weighted by Crippen LogP contribution is 2.28. The van der Waals surface area contributed by atoms with Crippen molar-refractivity contribution in [3.63, 3.8) is 0 Å². The van der Waals surface area contributed by atoms with Crippen LogP contribution in [0.5, 0.6) is 11.5 Å². The Labute approximate surface area is 165 Å². The molecule has 3 aromatic rings. The fourth-order valence-corrected chi connectivity index (χ4v) is 3.00. The number of carbonyl (C=O) groups excluding carboxylic acids is 1. The summed E-state index contributed by atoms with van der Waals surface area (Å²) in [5, 5.41) is 5.92. The molecule has 7 nitrogen and oxygen atoms in total. The summed E-state index contributed by atoms with van der Waals surface area (Å²) in [4.78, 5) is 24.6. The van der Waals surface area contributed by atoms with Crippen molar-refractivity contribution in [2.24, 2.45) is 5.10 Å². The van der Waals surface area contributed by atoms with E-state index in [0.717, 1.165) is 10.4 Å². The molecular formula is C20H19N3O4S. The highest BCUT2D eigenvalue weighted by Gasteiger charge is 2.06. The number of benzene rings is 1. The van der Waals surface area contributed by atoms with Crippen molar-refractivity contribution in [2.45, 2.75) is 13.2 Å². The SMILES string of the molecule is COc1cc(/C=N\NC(=O)Cn2ccccc2=O)ccc1OCc1cccs1. The van der Waals surface area contributed by atoms with Crippen LogP contribution < -0.4 is 20.5 Å². The minimum Gasteiger partial charge on any atom is -0.493 e. The first-order chi connectivity index (χ1) is 13.7. The molecule has 8 heteroatoms. The van der Waals surface area contributed by atoms with E-state index in [1.54, 1.807) is 48.9 Å². The summed E-state index contributed by atoms with van der Waals surface area (Å²) in [5.41, 5.74) is 2.89. The maximum absolute atomic E-state index is 11.9. The van der Waals surface area contributed by atoms with Crippen LogP contribution >= 0.6 is 11.3 Å². The summed E-state index contributed by atoms with van der Waals surface area (Å²) in [6, 6.07) is 14.0. The van der Waals surface area contributed by atoms with E-state index >= 15 is 0 Å². The molecule has 0 bridgehead atoms. The predicted molar refractivity (Wildman–Crippen MR) is 108 cm³/mol. The van der Waals surface area contributed by atoms with E-state index in [-0.39, 0.29) is 12.1 Å². The fraction of sp³-hybridized carbons (Fsp3) is 0.150. The number of thiophene rings is 1. The molecule has 28 heavy (non-hydrogen) atoms. The molecule has 0 aliphatic heterocycles. The van der Waals surface area contributed by atoms with Gasteiger partial charge in [-0.3, -0.25) is 9.59 Å². The zero-order valence-electron chi connectivity index (χ0n) is 15.2. The van der Waals surface area contributed by atoms with Gasteiger partial charge in [-0.25, -0.2) is 5.43 Å². The molecule has 1 aromatic carbocycles. The van der Waals surface area contributed by atoms with E-state index in [1.165, 1.54) is 16.8 Å². The highest BCUT2D eigenvalue weighted by atomic mass is 32.1. The van der Waals surface area contributed by atoms with E-state index < -0.39 is 5.91 Å². The van der Waals surface area contributed by atoms with Gasteiger partial charge in [-0.2, -0.15) is 5.10 Å². The van der Waals surface area contributed by atoms with Gasteiger partial charge >= 0.3 is 0 Å². The summed E-state index contributed by atoms with van der Waals surface area (Å²) in [5.74, 6) is 0.802. The number of rotatable bonds is 8. The Balaban J connectivity index is 1.58. The topological polar surface area (TPSA) is 81.9 Å². The van der Waals surface area contributed by atoms with E-state index in [2.05, 4.69) is 10.5 Å². The van der Waals surface area contributed by atoms with Gasteiger partial charge in [0.15, 0.2) is 11.5 Å². The average Bonchev–Trinajstić information content (AvgIpc) is 3.22. The predicted octanol–water partition coefficient (Wildman–Crippen LogP) is 2.65.